The molecular formula is C17H20BrN. The fourth-order valence-corrected chi connectivity index (χ4v) is 2.83. The van der Waals surface area contributed by atoms with Gasteiger partial charge in [-0.15, -0.1) is 0 Å². The van der Waals surface area contributed by atoms with Crippen LogP contribution in [0.4, 0.5) is 0 Å². The quantitative estimate of drug-likeness (QED) is 0.844. The van der Waals surface area contributed by atoms with E-state index in [1.54, 1.807) is 0 Å². The standard InChI is InChI=1S/C17H20BrN/c1-12-7-6-8-15(13(12)2)11-19-14(3)16-9-4-5-10-17(16)18/h4-10,14,19H,11H2,1-3H3/t14-/m1/s1. The van der Waals surface area contributed by atoms with Crippen molar-refractivity contribution in [1.82, 2.24) is 5.32 Å². The number of aryl methyl sites for hydroxylation is 1. The van der Waals surface area contributed by atoms with Crippen molar-refractivity contribution in [3.8, 4) is 0 Å². The molecule has 1 N–H and O–H groups in total. The van der Waals surface area contributed by atoms with Gasteiger partial charge in [-0.1, -0.05) is 52.3 Å². The second-order valence-corrected chi connectivity index (χ2v) is 5.84. The number of rotatable bonds is 4. The zero-order valence-corrected chi connectivity index (χ0v) is 13.3. The van der Waals surface area contributed by atoms with Crippen LogP contribution in [0.2, 0.25) is 0 Å². The highest BCUT2D eigenvalue weighted by molar-refractivity contribution is 9.10. The minimum atomic E-state index is 0.329. The third kappa shape index (κ3) is 3.46. The van der Waals surface area contributed by atoms with Gasteiger partial charge in [0.25, 0.3) is 0 Å². The zero-order valence-electron chi connectivity index (χ0n) is 11.7. The van der Waals surface area contributed by atoms with Crippen molar-refractivity contribution in [3.05, 3.63) is 69.2 Å². The highest BCUT2D eigenvalue weighted by Crippen LogP contribution is 2.23. The molecule has 0 bridgehead atoms. The lowest BCUT2D eigenvalue weighted by Crippen LogP contribution is -2.19. The smallest absolute Gasteiger partial charge is 0.0306 e. The predicted molar refractivity (Wildman–Crippen MR) is 85.3 cm³/mol. The molecule has 0 saturated heterocycles. The molecule has 2 aromatic carbocycles. The molecule has 19 heavy (non-hydrogen) atoms. The molecule has 0 fully saturated rings. The Balaban J connectivity index is 2.07. The zero-order chi connectivity index (χ0) is 13.8. The van der Waals surface area contributed by atoms with Gasteiger partial charge in [-0.05, 0) is 49.1 Å². The summed E-state index contributed by atoms with van der Waals surface area (Å²) in [5.74, 6) is 0. The van der Waals surface area contributed by atoms with Gasteiger partial charge < -0.3 is 5.32 Å². The van der Waals surface area contributed by atoms with Crippen LogP contribution >= 0.6 is 15.9 Å². The van der Waals surface area contributed by atoms with E-state index in [9.17, 15) is 0 Å². The van der Waals surface area contributed by atoms with Crippen LogP contribution < -0.4 is 5.32 Å². The second kappa shape index (κ2) is 6.36. The molecule has 0 aliphatic heterocycles. The van der Waals surface area contributed by atoms with Gasteiger partial charge in [0.2, 0.25) is 0 Å². The van der Waals surface area contributed by atoms with Crippen molar-refractivity contribution >= 4 is 15.9 Å². The summed E-state index contributed by atoms with van der Waals surface area (Å²) in [5.41, 5.74) is 5.41. The Bertz CT molecular complexity index is 563. The van der Waals surface area contributed by atoms with E-state index >= 15 is 0 Å². The summed E-state index contributed by atoms with van der Waals surface area (Å²) in [6, 6.07) is 15.2. The maximum absolute atomic E-state index is 3.61. The molecule has 0 amide bonds. The molecule has 0 aromatic heterocycles. The number of halogens is 1. The fraction of sp³-hybridized carbons (Fsp3) is 0.294. The first-order chi connectivity index (χ1) is 9.09. The molecule has 0 aliphatic rings. The molecule has 0 radical (unpaired) electrons. The summed E-state index contributed by atoms with van der Waals surface area (Å²) in [6.07, 6.45) is 0. The summed E-state index contributed by atoms with van der Waals surface area (Å²) in [5, 5.41) is 3.59. The molecule has 2 heteroatoms. The van der Waals surface area contributed by atoms with Gasteiger partial charge in [0.15, 0.2) is 0 Å². The van der Waals surface area contributed by atoms with Gasteiger partial charge in [0.1, 0.15) is 0 Å². The summed E-state index contributed by atoms with van der Waals surface area (Å²) in [7, 11) is 0. The maximum atomic E-state index is 3.61. The molecule has 0 unspecified atom stereocenters. The van der Waals surface area contributed by atoms with Crippen molar-refractivity contribution in [2.24, 2.45) is 0 Å². The van der Waals surface area contributed by atoms with Crippen molar-refractivity contribution in [2.75, 3.05) is 0 Å². The molecular weight excluding hydrogens is 298 g/mol. The van der Waals surface area contributed by atoms with Crippen LogP contribution in [0.15, 0.2) is 46.9 Å². The first-order valence-electron chi connectivity index (χ1n) is 6.62. The van der Waals surface area contributed by atoms with E-state index in [1.165, 1.54) is 22.3 Å². The van der Waals surface area contributed by atoms with E-state index in [2.05, 4.69) is 78.4 Å². The summed E-state index contributed by atoms with van der Waals surface area (Å²) >= 11 is 3.61. The average molecular weight is 318 g/mol. The molecule has 0 saturated carbocycles. The van der Waals surface area contributed by atoms with Crippen LogP contribution in [-0.2, 0) is 6.54 Å². The first-order valence-corrected chi connectivity index (χ1v) is 7.42. The fourth-order valence-electron chi connectivity index (χ4n) is 2.20. The number of nitrogens with one attached hydrogen (secondary N) is 1. The van der Waals surface area contributed by atoms with E-state index in [1.807, 2.05) is 6.07 Å². The van der Waals surface area contributed by atoms with Crippen LogP contribution in [0.25, 0.3) is 0 Å². The number of hydrogen-bond donors (Lipinski definition) is 1. The van der Waals surface area contributed by atoms with E-state index in [0.717, 1.165) is 11.0 Å². The Labute approximate surface area is 124 Å². The third-order valence-electron chi connectivity index (χ3n) is 3.69. The maximum Gasteiger partial charge on any atom is 0.0306 e. The van der Waals surface area contributed by atoms with Gasteiger partial charge in [0, 0.05) is 17.1 Å². The van der Waals surface area contributed by atoms with Crippen molar-refractivity contribution in [2.45, 2.75) is 33.4 Å². The second-order valence-electron chi connectivity index (χ2n) is 4.98. The third-order valence-corrected chi connectivity index (χ3v) is 4.41. The van der Waals surface area contributed by atoms with E-state index in [0.29, 0.717) is 6.04 Å². The van der Waals surface area contributed by atoms with Gasteiger partial charge >= 0.3 is 0 Å². The molecule has 0 aliphatic carbocycles. The van der Waals surface area contributed by atoms with E-state index in [4.69, 9.17) is 0 Å². The van der Waals surface area contributed by atoms with Crippen molar-refractivity contribution < 1.29 is 0 Å². The lowest BCUT2D eigenvalue weighted by Gasteiger charge is -2.17. The molecule has 2 rings (SSSR count). The Morgan fingerprint density at radius 3 is 2.53 bits per heavy atom. The molecule has 0 heterocycles. The highest BCUT2D eigenvalue weighted by Gasteiger charge is 2.09. The Morgan fingerprint density at radius 1 is 1.05 bits per heavy atom. The lowest BCUT2D eigenvalue weighted by atomic mass is 10.0. The van der Waals surface area contributed by atoms with E-state index in [-0.39, 0.29) is 0 Å². The largest absolute Gasteiger partial charge is 0.306 e. The topological polar surface area (TPSA) is 12.0 Å². The Kier molecular flexibility index (Phi) is 4.78. The molecule has 1 nitrogen and oxygen atoms in total. The van der Waals surface area contributed by atoms with Gasteiger partial charge in [-0.25, -0.2) is 0 Å². The number of hydrogen-bond acceptors (Lipinski definition) is 1. The van der Waals surface area contributed by atoms with Crippen LogP contribution in [0.3, 0.4) is 0 Å². The molecule has 2 aromatic rings. The Morgan fingerprint density at radius 2 is 1.79 bits per heavy atom. The minimum absolute atomic E-state index is 0.329. The summed E-state index contributed by atoms with van der Waals surface area (Å²) in [4.78, 5) is 0. The minimum Gasteiger partial charge on any atom is -0.306 e. The Hall–Kier alpha value is -1.12. The van der Waals surface area contributed by atoms with Crippen LogP contribution in [0.1, 0.15) is 35.2 Å². The predicted octanol–water partition coefficient (Wildman–Crippen LogP) is 4.92. The average Bonchev–Trinajstić information content (AvgIpc) is 2.40. The molecule has 100 valence electrons. The van der Waals surface area contributed by atoms with Crippen LogP contribution in [0, 0.1) is 13.8 Å². The normalized spacial score (nSPS) is 12.4. The van der Waals surface area contributed by atoms with Crippen molar-refractivity contribution in [1.29, 1.82) is 0 Å². The summed E-state index contributed by atoms with van der Waals surface area (Å²) in [6.45, 7) is 7.45. The van der Waals surface area contributed by atoms with Crippen molar-refractivity contribution in [3.63, 3.8) is 0 Å². The lowest BCUT2D eigenvalue weighted by molar-refractivity contribution is 0.571. The molecule has 1 atom stereocenters. The van der Waals surface area contributed by atoms with Crippen LogP contribution in [0.5, 0.6) is 0 Å². The SMILES string of the molecule is Cc1cccc(CN[C@H](C)c2ccccc2Br)c1C. The number of benzene rings is 2. The van der Waals surface area contributed by atoms with Gasteiger partial charge in [-0.2, -0.15) is 0 Å². The van der Waals surface area contributed by atoms with Gasteiger partial charge in [-0.3, -0.25) is 0 Å². The van der Waals surface area contributed by atoms with Crippen LogP contribution in [-0.4, -0.2) is 0 Å². The van der Waals surface area contributed by atoms with Gasteiger partial charge in [0.05, 0.1) is 0 Å². The molecule has 0 spiro atoms. The summed E-state index contributed by atoms with van der Waals surface area (Å²) < 4.78 is 1.16. The van der Waals surface area contributed by atoms with E-state index < -0.39 is 0 Å². The first kappa shape index (κ1) is 14.3. The highest BCUT2D eigenvalue weighted by atomic mass is 79.9. The monoisotopic (exact) mass is 317 g/mol.